The molecule has 1 fully saturated rings. The van der Waals surface area contributed by atoms with Crippen molar-refractivity contribution in [2.24, 2.45) is 0 Å². The van der Waals surface area contributed by atoms with Crippen LogP contribution in [0.4, 0.5) is 11.6 Å². The third-order valence-electron chi connectivity index (χ3n) is 3.08. The highest BCUT2D eigenvalue weighted by Gasteiger charge is 2.14. The Kier molecular flexibility index (Phi) is 3.53. The SMILES string of the molecule is O=C(Cn1cncn1)Nc1cnc(N2CCCC2)nc1. The highest BCUT2D eigenvalue weighted by atomic mass is 16.2. The van der Waals surface area contributed by atoms with Gasteiger partial charge in [-0.3, -0.25) is 4.79 Å². The Morgan fingerprint density at radius 2 is 2.00 bits per heavy atom. The van der Waals surface area contributed by atoms with Gasteiger partial charge in [0.05, 0.1) is 18.1 Å². The molecule has 1 saturated heterocycles. The van der Waals surface area contributed by atoms with Crippen molar-refractivity contribution in [1.82, 2.24) is 24.7 Å². The zero-order valence-corrected chi connectivity index (χ0v) is 10.9. The quantitative estimate of drug-likeness (QED) is 0.862. The number of amides is 1. The van der Waals surface area contributed by atoms with E-state index in [1.165, 1.54) is 30.2 Å². The molecule has 8 heteroatoms. The lowest BCUT2D eigenvalue weighted by atomic mass is 10.4. The summed E-state index contributed by atoms with van der Waals surface area (Å²) in [7, 11) is 0. The normalized spacial score (nSPS) is 14.5. The second kappa shape index (κ2) is 5.64. The molecule has 104 valence electrons. The molecule has 1 amide bonds. The number of carbonyl (C=O) groups excluding carboxylic acids is 1. The lowest BCUT2D eigenvalue weighted by molar-refractivity contribution is -0.116. The summed E-state index contributed by atoms with van der Waals surface area (Å²) in [5, 5.41) is 6.60. The van der Waals surface area contributed by atoms with E-state index in [1.807, 2.05) is 0 Å². The molecule has 0 saturated carbocycles. The average Bonchev–Trinajstić information content (AvgIpc) is 3.12. The van der Waals surface area contributed by atoms with Crippen LogP contribution < -0.4 is 10.2 Å². The van der Waals surface area contributed by atoms with Crippen LogP contribution in [-0.4, -0.2) is 43.7 Å². The van der Waals surface area contributed by atoms with Gasteiger partial charge in [0.1, 0.15) is 19.2 Å². The number of aromatic nitrogens is 5. The Morgan fingerprint density at radius 3 is 2.65 bits per heavy atom. The summed E-state index contributed by atoms with van der Waals surface area (Å²) in [6.45, 7) is 2.11. The molecule has 1 aliphatic rings. The number of nitrogens with zero attached hydrogens (tertiary/aromatic N) is 6. The topological polar surface area (TPSA) is 88.8 Å². The molecule has 3 heterocycles. The molecular formula is C12H15N7O. The van der Waals surface area contributed by atoms with Crippen molar-refractivity contribution in [3.05, 3.63) is 25.0 Å². The lowest BCUT2D eigenvalue weighted by Gasteiger charge is -2.14. The minimum absolute atomic E-state index is 0.119. The van der Waals surface area contributed by atoms with Gasteiger partial charge in [0.15, 0.2) is 0 Å². The Labute approximate surface area is 115 Å². The molecule has 8 nitrogen and oxygen atoms in total. The van der Waals surface area contributed by atoms with Gasteiger partial charge in [-0.2, -0.15) is 5.10 Å². The molecule has 0 atom stereocenters. The van der Waals surface area contributed by atoms with Crippen LogP contribution in [0.3, 0.4) is 0 Å². The molecule has 0 aliphatic carbocycles. The van der Waals surface area contributed by atoms with Crippen molar-refractivity contribution < 1.29 is 4.79 Å². The van der Waals surface area contributed by atoms with E-state index < -0.39 is 0 Å². The third kappa shape index (κ3) is 2.90. The van der Waals surface area contributed by atoms with Crippen LogP contribution in [-0.2, 0) is 11.3 Å². The van der Waals surface area contributed by atoms with Gasteiger partial charge in [0, 0.05) is 13.1 Å². The van der Waals surface area contributed by atoms with Crippen molar-refractivity contribution in [3.63, 3.8) is 0 Å². The smallest absolute Gasteiger partial charge is 0.246 e. The molecule has 1 aliphatic heterocycles. The van der Waals surface area contributed by atoms with Gasteiger partial charge in [-0.15, -0.1) is 0 Å². The van der Waals surface area contributed by atoms with E-state index in [9.17, 15) is 4.79 Å². The van der Waals surface area contributed by atoms with Crippen LogP contribution in [0.25, 0.3) is 0 Å². The number of hydrogen-bond acceptors (Lipinski definition) is 6. The fourth-order valence-corrected chi connectivity index (χ4v) is 2.13. The summed E-state index contributed by atoms with van der Waals surface area (Å²) in [5.74, 6) is 0.532. The second-order valence-corrected chi connectivity index (χ2v) is 4.61. The van der Waals surface area contributed by atoms with Crippen LogP contribution in [0.5, 0.6) is 0 Å². The molecule has 0 spiro atoms. The molecule has 3 rings (SSSR count). The van der Waals surface area contributed by atoms with Crippen molar-refractivity contribution >= 4 is 17.5 Å². The van der Waals surface area contributed by atoms with E-state index in [0.29, 0.717) is 5.69 Å². The minimum Gasteiger partial charge on any atom is -0.341 e. The fraction of sp³-hybridized carbons (Fsp3) is 0.417. The third-order valence-corrected chi connectivity index (χ3v) is 3.08. The van der Waals surface area contributed by atoms with Crippen LogP contribution >= 0.6 is 0 Å². The molecule has 2 aromatic heterocycles. The van der Waals surface area contributed by atoms with E-state index in [-0.39, 0.29) is 12.5 Å². The van der Waals surface area contributed by atoms with E-state index in [0.717, 1.165) is 19.0 Å². The van der Waals surface area contributed by atoms with Crippen molar-refractivity contribution in [1.29, 1.82) is 0 Å². The standard InChI is InChI=1S/C12H15N7O/c20-11(7-19-9-13-8-16-19)17-10-5-14-12(15-6-10)18-3-1-2-4-18/h5-6,8-9H,1-4,7H2,(H,17,20). The molecule has 1 N–H and O–H groups in total. The highest BCUT2D eigenvalue weighted by Crippen LogP contribution is 2.16. The summed E-state index contributed by atoms with van der Waals surface area (Å²) < 4.78 is 1.45. The van der Waals surface area contributed by atoms with E-state index in [4.69, 9.17) is 0 Å². The van der Waals surface area contributed by atoms with Crippen LogP contribution in [0.2, 0.25) is 0 Å². The molecule has 0 aromatic carbocycles. The van der Waals surface area contributed by atoms with Gasteiger partial charge >= 0.3 is 0 Å². The zero-order chi connectivity index (χ0) is 13.8. The maximum absolute atomic E-state index is 11.8. The zero-order valence-electron chi connectivity index (χ0n) is 10.9. The highest BCUT2D eigenvalue weighted by molar-refractivity contribution is 5.90. The number of carbonyl (C=O) groups is 1. The summed E-state index contributed by atoms with van der Waals surface area (Å²) >= 11 is 0. The second-order valence-electron chi connectivity index (χ2n) is 4.61. The van der Waals surface area contributed by atoms with Gasteiger partial charge in [-0.25, -0.2) is 19.6 Å². The number of anilines is 2. The van der Waals surface area contributed by atoms with Crippen LogP contribution in [0.1, 0.15) is 12.8 Å². The fourth-order valence-electron chi connectivity index (χ4n) is 2.13. The first-order valence-corrected chi connectivity index (χ1v) is 6.50. The molecule has 0 bridgehead atoms. The largest absolute Gasteiger partial charge is 0.341 e. The maximum atomic E-state index is 11.8. The van der Waals surface area contributed by atoms with Crippen molar-refractivity contribution in [2.75, 3.05) is 23.3 Å². The Balaban J connectivity index is 1.58. The van der Waals surface area contributed by atoms with Gasteiger partial charge in [0.25, 0.3) is 0 Å². The van der Waals surface area contributed by atoms with Gasteiger partial charge in [0.2, 0.25) is 11.9 Å². The summed E-state index contributed by atoms with van der Waals surface area (Å²) in [4.78, 5) is 26.2. The van der Waals surface area contributed by atoms with Crippen molar-refractivity contribution in [2.45, 2.75) is 19.4 Å². The van der Waals surface area contributed by atoms with Gasteiger partial charge in [-0.05, 0) is 12.8 Å². The summed E-state index contributed by atoms with van der Waals surface area (Å²) in [6.07, 6.45) is 8.49. The first-order valence-electron chi connectivity index (χ1n) is 6.50. The number of hydrogen-bond donors (Lipinski definition) is 1. The predicted octanol–water partition coefficient (Wildman–Crippen LogP) is 0.307. The minimum atomic E-state index is -0.187. The Bertz CT molecular complexity index is 560. The van der Waals surface area contributed by atoms with Crippen LogP contribution in [0.15, 0.2) is 25.0 Å². The summed E-state index contributed by atoms with van der Waals surface area (Å²) in [6, 6.07) is 0. The monoisotopic (exact) mass is 273 g/mol. The number of nitrogens with one attached hydrogen (secondary N) is 1. The summed E-state index contributed by atoms with van der Waals surface area (Å²) in [5.41, 5.74) is 0.582. The van der Waals surface area contributed by atoms with E-state index in [1.54, 1.807) is 12.4 Å². The molecule has 0 radical (unpaired) electrons. The van der Waals surface area contributed by atoms with Gasteiger partial charge in [-0.1, -0.05) is 0 Å². The molecule has 2 aromatic rings. The lowest BCUT2D eigenvalue weighted by Crippen LogP contribution is -2.21. The van der Waals surface area contributed by atoms with Crippen molar-refractivity contribution in [3.8, 4) is 0 Å². The Hall–Kier alpha value is -2.51. The number of rotatable bonds is 4. The van der Waals surface area contributed by atoms with E-state index in [2.05, 4.69) is 30.3 Å². The maximum Gasteiger partial charge on any atom is 0.246 e. The molecule has 0 unspecified atom stereocenters. The van der Waals surface area contributed by atoms with Crippen LogP contribution in [0, 0.1) is 0 Å². The van der Waals surface area contributed by atoms with E-state index >= 15 is 0 Å². The Morgan fingerprint density at radius 1 is 1.25 bits per heavy atom. The first-order chi connectivity index (χ1) is 9.81. The van der Waals surface area contributed by atoms with Gasteiger partial charge < -0.3 is 10.2 Å². The molecule has 20 heavy (non-hydrogen) atoms. The molecular weight excluding hydrogens is 258 g/mol. The first kappa shape index (κ1) is 12.5. The predicted molar refractivity (Wildman–Crippen MR) is 72.1 cm³/mol. The average molecular weight is 273 g/mol.